The lowest BCUT2D eigenvalue weighted by molar-refractivity contribution is 1.09. The molecule has 2 aromatic rings. The van der Waals surface area contributed by atoms with Gasteiger partial charge in [0, 0.05) is 5.39 Å². The lowest BCUT2D eigenvalue weighted by Crippen LogP contribution is -2.11. The average molecular weight is 252 g/mol. The highest BCUT2D eigenvalue weighted by molar-refractivity contribution is 5.85. The first-order chi connectivity index (χ1) is 7.80. The van der Waals surface area contributed by atoms with Crippen molar-refractivity contribution < 1.29 is 0 Å². The van der Waals surface area contributed by atoms with Crippen LogP contribution in [0.3, 0.4) is 0 Å². The number of hydrogen-bond donors (Lipinski definition) is 2. The highest BCUT2D eigenvalue weighted by atomic mass is 35.5. The Kier molecular flexibility index (Phi) is 4.73. The number of fused-ring (bicyclic) bond motifs is 1. The van der Waals surface area contributed by atoms with E-state index in [0.717, 1.165) is 29.7 Å². The maximum Gasteiger partial charge on any atom is 0.143 e. The number of nitrogens with two attached hydrogens (primary N) is 1. The SMILES string of the molecule is CCc1cc2cccc(CC)c2nc1NN.Cl. The summed E-state index contributed by atoms with van der Waals surface area (Å²) in [5, 5.41) is 1.19. The second-order valence-electron chi connectivity index (χ2n) is 3.84. The van der Waals surface area contributed by atoms with E-state index >= 15 is 0 Å². The van der Waals surface area contributed by atoms with E-state index in [1.807, 2.05) is 0 Å². The number of para-hydroxylation sites is 1. The zero-order chi connectivity index (χ0) is 11.5. The standard InChI is InChI=1S/C13H17N3.ClH/c1-3-9-6-5-7-11-8-10(4-2)13(16-14)15-12(9)11;/h5-8H,3-4,14H2,1-2H3,(H,15,16);1H. The molecule has 0 bridgehead atoms. The average Bonchev–Trinajstić information content (AvgIpc) is 2.36. The molecule has 3 nitrogen and oxygen atoms in total. The van der Waals surface area contributed by atoms with Gasteiger partial charge in [0.1, 0.15) is 5.82 Å². The monoisotopic (exact) mass is 251 g/mol. The third-order valence-corrected chi connectivity index (χ3v) is 2.91. The molecule has 1 aromatic carbocycles. The second kappa shape index (κ2) is 5.84. The molecule has 0 radical (unpaired) electrons. The Morgan fingerprint density at radius 3 is 2.47 bits per heavy atom. The summed E-state index contributed by atoms with van der Waals surface area (Å²) in [5.41, 5.74) is 6.15. The number of rotatable bonds is 3. The van der Waals surface area contributed by atoms with Crippen LogP contribution >= 0.6 is 12.4 Å². The summed E-state index contributed by atoms with van der Waals surface area (Å²) >= 11 is 0. The van der Waals surface area contributed by atoms with Gasteiger partial charge in [-0.1, -0.05) is 32.0 Å². The Morgan fingerprint density at radius 1 is 1.18 bits per heavy atom. The maximum atomic E-state index is 5.50. The molecule has 0 unspecified atom stereocenters. The van der Waals surface area contributed by atoms with E-state index < -0.39 is 0 Å². The molecule has 0 aliphatic rings. The molecule has 0 spiro atoms. The van der Waals surface area contributed by atoms with Crippen molar-refractivity contribution >= 4 is 29.1 Å². The van der Waals surface area contributed by atoms with E-state index in [1.165, 1.54) is 10.9 Å². The number of nitrogens with zero attached hydrogens (tertiary/aromatic N) is 1. The van der Waals surface area contributed by atoms with Crippen LogP contribution in [0.25, 0.3) is 10.9 Å². The fraction of sp³-hybridized carbons (Fsp3) is 0.308. The first-order valence-electron chi connectivity index (χ1n) is 5.68. The molecule has 0 aliphatic carbocycles. The van der Waals surface area contributed by atoms with Gasteiger partial charge in [0.15, 0.2) is 0 Å². The molecular formula is C13H18ClN3. The van der Waals surface area contributed by atoms with Crippen molar-refractivity contribution in [3.05, 3.63) is 35.4 Å². The van der Waals surface area contributed by atoms with E-state index in [-0.39, 0.29) is 12.4 Å². The molecule has 0 aliphatic heterocycles. The van der Waals surface area contributed by atoms with E-state index in [1.54, 1.807) is 0 Å². The van der Waals surface area contributed by atoms with Crippen molar-refractivity contribution in [1.29, 1.82) is 0 Å². The molecule has 0 saturated carbocycles. The van der Waals surface area contributed by atoms with Crippen LogP contribution in [0.4, 0.5) is 5.82 Å². The van der Waals surface area contributed by atoms with Crippen molar-refractivity contribution in [2.75, 3.05) is 5.43 Å². The smallest absolute Gasteiger partial charge is 0.143 e. The number of nitrogens with one attached hydrogen (secondary N) is 1. The predicted molar refractivity (Wildman–Crippen MR) is 75.6 cm³/mol. The van der Waals surface area contributed by atoms with Gasteiger partial charge in [0.25, 0.3) is 0 Å². The van der Waals surface area contributed by atoms with E-state index in [0.29, 0.717) is 0 Å². The molecule has 2 rings (SSSR count). The van der Waals surface area contributed by atoms with Crippen LogP contribution in [0.1, 0.15) is 25.0 Å². The Bertz CT molecular complexity index is 511. The summed E-state index contributed by atoms with van der Waals surface area (Å²) in [5.74, 6) is 6.28. The molecule has 1 aromatic heterocycles. The number of nitrogen functional groups attached to an aromatic ring is 1. The van der Waals surface area contributed by atoms with Crippen molar-refractivity contribution in [2.45, 2.75) is 26.7 Å². The van der Waals surface area contributed by atoms with E-state index in [4.69, 9.17) is 5.84 Å². The number of aromatic nitrogens is 1. The van der Waals surface area contributed by atoms with Gasteiger partial charge in [-0.05, 0) is 30.0 Å². The number of aryl methyl sites for hydroxylation is 2. The normalized spacial score (nSPS) is 10.1. The first-order valence-corrected chi connectivity index (χ1v) is 5.68. The minimum atomic E-state index is 0. The van der Waals surface area contributed by atoms with Crippen LogP contribution in [0.2, 0.25) is 0 Å². The zero-order valence-electron chi connectivity index (χ0n) is 10.2. The quantitative estimate of drug-likeness (QED) is 0.651. The van der Waals surface area contributed by atoms with Gasteiger partial charge < -0.3 is 5.43 Å². The van der Waals surface area contributed by atoms with Crippen molar-refractivity contribution in [1.82, 2.24) is 4.98 Å². The lowest BCUT2D eigenvalue weighted by atomic mass is 10.0. The summed E-state index contributed by atoms with van der Waals surface area (Å²) < 4.78 is 0. The maximum absolute atomic E-state index is 5.50. The molecule has 92 valence electrons. The molecule has 0 amide bonds. The predicted octanol–water partition coefficient (Wildman–Crippen LogP) is 3.07. The van der Waals surface area contributed by atoms with Gasteiger partial charge in [-0.25, -0.2) is 10.8 Å². The summed E-state index contributed by atoms with van der Waals surface area (Å²) in [6.07, 6.45) is 1.92. The summed E-state index contributed by atoms with van der Waals surface area (Å²) in [4.78, 5) is 4.60. The number of benzene rings is 1. The Morgan fingerprint density at radius 2 is 1.88 bits per heavy atom. The fourth-order valence-corrected chi connectivity index (χ4v) is 1.98. The molecule has 0 atom stereocenters. The van der Waals surface area contributed by atoms with Crippen LogP contribution in [0.5, 0.6) is 0 Å². The number of pyridine rings is 1. The molecule has 17 heavy (non-hydrogen) atoms. The Hall–Kier alpha value is -1.32. The van der Waals surface area contributed by atoms with Gasteiger partial charge >= 0.3 is 0 Å². The number of halogens is 1. The Labute approximate surface area is 108 Å². The number of hydrazine groups is 1. The summed E-state index contributed by atoms with van der Waals surface area (Å²) in [7, 11) is 0. The largest absolute Gasteiger partial charge is 0.308 e. The summed E-state index contributed by atoms with van der Waals surface area (Å²) in [6.45, 7) is 4.24. The summed E-state index contributed by atoms with van der Waals surface area (Å²) in [6, 6.07) is 8.46. The highest BCUT2D eigenvalue weighted by Gasteiger charge is 2.06. The molecule has 3 N–H and O–H groups in total. The molecule has 0 fully saturated rings. The fourth-order valence-electron chi connectivity index (χ4n) is 1.98. The van der Waals surface area contributed by atoms with Gasteiger partial charge in [0.2, 0.25) is 0 Å². The van der Waals surface area contributed by atoms with Crippen molar-refractivity contribution in [3.8, 4) is 0 Å². The van der Waals surface area contributed by atoms with Gasteiger partial charge in [-0.15, -0.1) is 12.4 Å². The topological polar surface area (TPSA) is 50.9 Å². The minimum Gasteiger partial charge on any atom is -0.308 e. The number of hydrogen-bond acceptors (Lipinski definition) is 3. The van der Waals surface area contributed by atoms with Gasteiger partial charge in [-0.2, -0.15) is 0 Å². The molecular weight excluding hydrogens is 234 g/mol. The molecule has 1 heterocycles. The second-order valence-corrected chi connectivity index (χ2v) is 3.84. The Balaban J connectivity index is 0.00000144. The van der Waals surface area contributed by atoms with Crippen molar-refractivity contribution in [2.24, 2.45) is 5.84 Å². The zero-order valence-corrected chi connectivity index (χ0v) is 11.0. The third kappa shape index (κ3) is 2.51. The third-order valence-electron chi connectivity index (χ3n) is 2.91. The van der Waals surface area contributed by atoms with Crippen LogP contribution < -0.4 is 11.3 Å². The lowest BCUT2D eigenvalue weighted by Gasteiger charge is -2.10. The van der Waals surface area contributed by atoms with Crippen LogP contribution in [-0.2, 0) is 12.8 Å². The number of anilines is 1. The van der Waals surface area contributed by atoms with E-state index in [9.17, 15) is 0 Å². The minimum absolute atomic E-state index is 0. The van der Waals surface area contributed by atoms with Crippen LogP contribution in [-0.4, -0.2) is 4.98 Å². The highest BCUT2D eigenvalue weighted by Crippen LogP contribution is 2.23. The molecule has 4 heteroatoms. The van der Waals surface area contributed by atoms with Crippen LogP contribution in [0.15, 0.2) is 24.3 Å². The molecule has 0 saturated heterocycles. The first kappa shape index (κ1) is 13.7. The van der Waals surface area contributed by atoms with Crippen molar-refractivity contribution in [3.63, 3.8) is 0 Å². The van der Waals surface area contributed by atoms with Crippen LogP contribution in [0, 0.1) is 0 Å². The van der Waals surface area contributed by atoms with Gasteiger partial charge in [-0.3, -0.25) is 0 Å². The van der Waals surface area contributed by atoms with Gasteiger partial charge in [0.05, 0.1) is 5.52 Å². The van der Waals surface area contributed by atoms with E-state index in [2.05, 4.69) is 48.5 Å².